The first-order valence-corrected chi connectivity index (χ1v) is 9.60. The molecule has 1 saturated heterocycles. The van der Waals surface area contributed by atoms with Crippen LogP contribution in [-0.2, 0) is 9.59 Å². The highest BCUT2D eigenvalue weighted by atomic mass is 16.5. The van der Waals surface area contributed by atoms with Crippen LogP contribution in [0.2, 0.25) is 0 Å². The van der Waals surface area contributed by atoms with E-state index in [0.29, 0.717) is 19.5 Å². The summed E-state index contributed by atoms with van der Waals surface area (Å²) in [5, 5.41) is 12.9. The summed E-state index contributed by atoms with van der Waals surface area (Å²) in [4.78, 5) is 26.5. The molecule has 6 nitrogen and oxygen atoms in total. The SMILES string of the molecule is COc1cccc(C2=CCN(C(=O)C3NCC4(CC4)CC3C(=O)O)CC2)c1. The standard InChI is InChI=1S/C21H26N2O4/c1-27-16-4-2-3-15(11-16)14-5-9-23(10-6-14)19(24)18-17(20(25)26)12-21(7-8-21)13-22-18/h2-5,11,17-18,22H,6-10,12-13H2,1H3,(H,25,26). The van der Waals surface area contributed by atoms with Crippen molar-refractivity contribution in [3.8, 4) is 5.75 Å². The number of carbonyl (C=O) groups is 2. The highest BCUT2D eigenvalue weighted by molar-refractivity contribution is 5.88. The van der Waals surface area contributed by atoms with Gasteiger partial charge in [-0.15, -0.1) is 0 Å². The normalized spacial score (nSPS) is 26.4. The number of amides is 1. The van der Waals surface area contributed by atoms with Gasteiger partial charge in [0, 0.05) is 19.6 Å². The van der Waals surface area contributed by atoms with Crippen LogP contribution in [0.15, 0.2) is 30.3 Å². The lowest BCUT2D eigenvalue weighted by Crippen LogP contribution is -2.57. The van der Waals surface area contributed by atoms with Gasteiger partial charge in [-0.25, -0.2) is 0 Å². The second-order valence-electron chi connectivity index (χ2n) is 8.00. The van der Waals surface area contributed by atoms with Gasteiger partial charge in [-0.2, -0.15) is 0 Å². The molecule has 2 unspecified atom stereocenters. The number of benzene rings is 1. The van der Waals surface area contributed by atoms with E-state index in [2.05, 4.69) is 11.4 Å². The number of carboxylic acids is 1. The second kappa shape index (κ2) is 7.00. The molecular weight excluding hydrogens is 344 g/mol. The van der Waals surface area contributed by atoms with Crippen LogP contribution in [0.5, 0.6) is 5.75 Å². The maximum atomic E-state index is 13.0. The molecule has 2 N–H and O–H groups in total. The predicted octanol–water partition coefficient (Wildman–Crippen LogP) is 2.15. The zero-order valence-corrected chi connectivity index (χ0v) is 15.6. The number of carbonyl (C=O) groups excluding carboxylic acids is 1. The Hall–Kier alpha value is -2.34. The molecule has 0 radical (unpaired) electrons. The molecule has 0 aromatic heterocycles. The van der Waals surface area contributed by atoms with Gasteiger partial charge in [0.1, 0.15) is 11.8 Å². The minimum atomic E-state index is -0.864. The van der Waals surface area contributed by atoms with Gasteiger partial charge in [0.05, 0.1) is 13.0 Å². The molecule has 1 aliphatic carbocycles. The molecule has 1 saturated carbocycles. The van der Waals surface area contributed by atoms with Gasteiger partial charge in [0.25, 0.3) is 0 Å². The van der Waals surface area contributed by atoms with Crippen LogP contribution in [0.25, 0.3) is 5.57 Å². The Morgan fingerprint density at radius 1 is 1.33 bits per heavy atom. The van der Waals surface area contributed by atoms with E-state index in [1.165, 1.54) is 5.57 Å². The highest BCUT2D eigenvalue weighted by Gasteiger charge is 2.52. The Morgan fingerprint density at radius 2 is 2.15 bits per heavy atom. The van der Waals surface area contributed by atoms with Crippen molar-refractivity contribution in [1.82, 2.24) is 10.2 Å². The van der Waals surface area contributed by atoms with Gasteiger partial charge in [-0.3, -0.25) is 9.59 Å². The van der Waals surface area contributed by atoms with Crippen molar-refractivity contribution >= 4 is 17.4 Å². The molecule has 4 rings (SSSR count). The Kier molecular flexibility index (Phi) is 4.68. The molecule has 2 fully saturated rings. The van der Waals surface area contributed by atoms with E-state index in [9.17, 15) is 14.7 Å². The molecule has 2 atom stereocenters. The summed E-state index contributed by atoms with van der Waals surface area (Å²) in [5.41, 5.74) is 2.43. The molecule has 144 valence electrons. The van der Waals surface area contributed by atoms with Gasteiger partial charge >= 0.3 is 5.97 Å². The summed E-state index contributed by atoms with van der Waals surface area (Å²) < 4.78 is 5.28. The number of piperidine rings is 1. The molecule has 6 heteroatoms. The topological polar surface area (TPSA) is 78.9 Å². The van der Waals surface area contributed by atoms with Gasteiger partial charge in [-0.05, 0) is 54.4 Å². The Morgan fingerprint density at radius 3 is 2.78 bits per heavy atom. The third kappa shape index (κ3) is 3.58. The first-order valence-electron chi connectivity index (χ1n) is 9.60. The predicted molar refractivity (Wildman–Crippen MR) is 101 cm³/mol. The minimum Gasteiger partial charge on any atom is -0.497 e. The van der Waals surface area contributed by atoms with Crippen molar-refractivity contribution in [2.24, 2.45) is 11.3 Å². The Balaban J connectivity index is 1.44. The maximum absolute atomic E-state index is 13.0. The van der Waals surface area contributed by atoms with Crippen molar-refractivity contribution in [3.63, 3.8) is 0 Å². The van der Waals surface area contributed by atoms with Crippen molar-refractivity contribution in [1.29, 1.82) is 0 Å². The summed E-state index contributed by atoms with van der Waals surface area (Å²) >= 11 is 0. The molecule has 2 heterocycles. The fourth-order valence-corrected chi connectivity index (χ4v) is 4.32. The number of rotatable bonds is 4. The summed E-state index contributed by atoms with van der Waals surface area (Å²) in [6, 6.07) is 7.31. The smallest absolute Gasteiger partial charge is 0.308 e. The van der Waals surface area contributed by atoms with Crippen LogP contribution in [0.1, 0.15) is 31.2 Å². The van der Waals surface area contributed by atoms with E-state index in [4.69, 9.17) is 4.74 Å². The number of aliphatic carboxylic acids is 1. The molecule has 1 spiro atoms. The van der Waals surface area contributed by atoms with Gasteiger partial charge in [0.15, 0.2) is 0 Å². The summed E-state index contributed by atoms with van der Waals surface area (Å²) in [5.74, 6) is -0.760. The van der Waals surface area contributed by atoms with Crippen molar-refractivity contribution < 1.29 is 19.4 Å². The van der Waals surface area contributed by atoms with Crippen molar-refractivity contribution in [2.75, 3.05) is 26.7 Å². The molecular formula is C21H26N2O4. The zero-order valence-electron chi connectivity index (χ0n) is 15.6. The fourth-order valence-electron chi connectivity index (χ4n) is 4.32. The average Bonchev–Trinajstić information content (AvgIpc) is 3.46. The van der Waals surface area contributed by atoms with Crippen LogP contribution in [0, 0.1) is 11.3 Å². The first kappa shape index (κ1) is 18.0. The number of nitrogens with zero attached hydrogens (tertiary/aromatic N) is 1. The Bertz CT molecular complexity index is 784. The van der Waals surface area contributed by atoms with Gasteiger partial charge in [0.2, 0.25) is 5.91 Å². The molecule has 27 heavy (non-hydrogen) atoms. The molecule has 1 aromatic carbocycles. The molecule has 0 bridgehead atoms. The number of nitrogens with one attached hydrogen (secondary N) is 1. The largest absolute Gasteiger partial charge is 0.497 e. The number of carboxylic acid groups (broad SMARTS) is 1. The van der Waals surface area contributed by atoms with E-state index in [-0.39, 0.29) is 11.3 Å². The maximum Gasteiger partial charge on any atom is 0.308 e. The molecule has 1 amide bonds. The van der Waals surface area contributed by atoms with Crippen LogP contribution in [0.3, 0.4) is 0 Å². The lowest BCUT2D eigenvalue weighted by molar-refractivity contribution is -0.150. The van der Waals surface area contributed by atoms with Crippen LogP contribution in [0.4, 0.5) is 0 Å². The Labute approximate surface area is 159 Å². The lowest BCUT2D eigenvalue weighted by Gasteiger charge is -2.38. The van der Waals surface area contributed by atoms with E-state index in [0.717, 1.165) is 37.1 Å². The van der Waals surface area contributed by atoms with Crippen molar-refractivity contribution in [3.05, 3.63) is 35.9 Å². The first-order chi connectivity index (χ1) is 13.0. The zero-order chi connectivity index (χ0) is 19.0. The fraction of sp³-hybridized carbons (Fsp3) is 0.524. The summed E-state index contributed by atoms with van der Waals surface area (Å²) in [6.07, 6.45) is 5.58. The van der Waals surface area contributed by atoms with E-state index in [1.807, 2.05) is 24.3 Å². The average molecular weight is 370 g/mol. The van der Waals surface area contributed by atoms with E-state index in [1.54, 1.807) is 12.0 Å². The quantitative estimate of drug-likeness (QED) is 0.849. The third-order valence-electron chi connectivity index (χ3n) is 6.25. The van der Waals surface area contributed by atoms with Crippen LogP contribution in [-0.4, -0.2) is 54.7 Å². The van der Waals surface area contributed by atoms with Gasteiger partial charge < -0.3 is 20.1 Å². The molecule has 2 aliphatic heterocycles. The molecule has 1 aromatic rings. The number of hydrogen-bond acceptors (Lipinski definition) is 4. The van der Waals surface area contributed by atoms with Gasteiger partial charge in [-0.1, -0.05) is 18.2 Å². The summed E-state index contributed by atoms with van der Waals surface area (Å²) in [7, 11) is 1.65. The van der Waals surface area contributed by atoms with E-state index >= 15 is 0 Å². The lowest BCUT2D eigenvalue weighted by atomic mass is 9.81. The van der Waals surface area contributed by atoms with E-state index < -0.39 is 17.9 Å². The minimum absolute atomic E-state index is 0.0844. The highest BCUT2D eigenvalue weighted by Crippen LogP contribution is 2.52. The van der Waals surface area contributed by atoms with Crippen LogP contribution < -0.4 is 10.1 Å². The molecule has 3 aliphatic rings. The monoisotopic (exact) mass is 370 g/mol. The number of ether oxygens (including phenoxy) is 1. The second-order valence-corrected chi connectivity index (χ2v) is 8.00. The number of methoxy groups -OCH3 is 1. The van der Waals surface area contributed by atoms with Crippen molar-refractivity contribution in [2.45, 2.75) is 31.7 Å². The third-order valence-corrected chi connectivity index (χ3v) is 6.25. The van der Waals surface area contributed by atoms with Crippen LogP contribution >= 0.6 is 0 Å². The number of hydrogen-bond donors (Lipinski definition) is 2. The summed E-state index contributed by atoms with van der Waals surface area (Å²) in [6.45, 7) is 1.88.